The van der Waals surface area contributed by atoms with Gasteiger partial charge in [0, 0.05) is 36.1 Å². The van der Waals surface area contributed by atoms with Crippen LogP contribution < -0.4 is 5.32 Å². The van der Waals surface area contributed by atoms with E-state index >= 15 is 0 Å². The number of rotatable bonds is 10. The van der Waals surface area contributed by atoms with E-state index in [-0.39, 0.29) is 30.3 Å². The molecule has 1 aliphatic heterocycles. The molecule has 0 bridgehead atoms. The number of hydrogen-bond donors (Lipinski definition) is 3. The number of aliphatic hydroxyl groups excluding tert-OH is 1. The van der Waals surface area contributed by atoms with E-state index in [0.29, 0.717) is 23.6 Å². The lowest BCUT2D eigenvalue weighted by Crippen LogP contribution is -2.31. The molecule has 0 aliphatic carbocycles. The van der Waals surface area contributed by atoms with Crippen molar-refractivity contribution in [2.75, 3.05) is 5.75 Å². The molecule has 0 saturated carbocycles. The van der Waals surface area contributed by atoms with Crippen molar-refractivity contribution >= 4 is 23.6 Å². The Balaban J connectivity index is 1.40. The molecule has 42 heavy (non-hydrogen) atoms. The highest BCUT2D eigenvalue weighted by atomic mass is 32.2. The van der Waals surface area contributed by atoms with Gasteiger partial charge in [-0.05, 0) is 52.1 Å². The summed E-state index contributed by atoms with van der Waals surface area (Å²) in [7, 11) is 0. The van der Waals surface area contributed by atoms with Crippen LogP contribution >= 0.6 is 11.8 Å². The van der Waals surface area contributed by atoms with E-state index in [1.54, 1.807) is 12.1 Å². The van der Waals surface area contributed by atoms with Crippen LogP contribution in [0.4, 0.5) is 0 Å². The number of aromatic carboxylic acids is 1. The lowest BCUT2D eigenvalue weighted by Gasteiger charge is -2.36. The van der Waals surface area contributed by atoms with Gasteiger partial charge in [-0.15, -0.1) is 11.8 Å². The monoisotopic (exact) mass is 583 g/mol. The third-order valence-electron chi connectivity index (χ3n) is 7.12. The standard InChI is InChI=1S/C34H33NO6S/c1-22(37)35-19-24-6-4-7-26(16-24)27-8-5-9-28(17-27)34-40-29(21-42-32-11-3-2-10-30(32)33(38)39)18-31(41-34)25-14-12-23(20-36)13-15-25/h2-17,29,31,34,36H,18-21H2,1H3,(H,35,37)(H,38,39)/t29-,31+,34+/m1/s1. The summed E-state index contributed by atoms with van der Waals surface area (Å²) < 4.78 is 13.0. The molecule has 0 radical (unpaired) electrons. The molecule has 216 valence electrons. The minimum Gasteiger partial charge on any atom is -0.478 e. The van der Waals surface area contributed by atoms with Gasteiger partial charge in [0.1, 0.15) is 0 Å². The number of carboxylic acid groups (broad SMARTS) is 1. The lowest BCUT2D eigenvalue weighted by molar-refractivity contribution is -0.245. The Morgan fingerprint density at radius 1 is 0.857 bits per heavy atom. The van der Waals surface area contributed by atoms with Crippen molar-refractivity contribution in [2.45, 2.75) is 49.9 Å². The zero-order valence-corrected chi connectivity index (χ0v) is 24.1. The van der Waals surface area contributed by atoms with Crippen LogP contribution in [0, 0.1) is 0 Å². The Hall–Kier alpha value is -3.95. The van der Waals surface area contributed by atoms with Crippen molar-refractivity contribution in [2.24, 2.45) is 0 Å². The van der Waals surface area contributed by atoms with E-state index in [4.69, 9.17) is 9.47 Å². The van der Waals surface area contributed by atoms with Crippen LogP contribution in [0.5, 0.6) is 0 Å². The zero-order chi connectivity index (χ0) is 29.5. The molecule has 3 atom stereocenters. The Kier molecular flexibility index (Phi) is 9.71. The number of hydrogen-bond acceptors (Lipinski definition) is 6. The van der Waals surface area contributed by atoms with E-state index < -0.39 is 12.3 Å². The minimum atomic E-state index is -0.955. The smallest absolute Gasteiger partial charge is 0.336 e. The number of carboxylic acids is 1. The second-order valence-corrected chi connectivity index (χ2v) is 11.3. The van der Waals surface area contributed by atoms with Crippen LogP contribution in [0.15, 0.2) is 102 Å². The van der Waals surface area contributed by atoms with Gasteiger partial charge in [0.2, 0.25) is 5.91 Å². The number of thioether (sulfide) groups is 1. The number of aliphatic hydroxyl groups is 1. The third-order valence-corrected chi connectivity index (χ3v) is 8.32. The predicted molar refractivity (Wildman–Crippen MR) is 162 cm³/mol. The van der Waals surface area contributed by atoms with Gasteiger partial charge >= 0.3 is 5.97 Å². The van der Waals surface area contributed by atoms with Gasteiger partial charge < -0.3 is 25.0 Å². The fourth-order valence-corrected chi connectivity index (χ4v) is 5.99. The van der Waals surface area contributed by atoms with E-state index in [9.17, 15) is 19.8 Å². The summed E-state index contributed by atoms with van der Waals surface area (Å²) in [6, 6.07) is 30.8. The maximum absolute atomic E-state index is 11.7. The summed E-state index contributed by atoms with van der Waals surface area (Å²) in [5, 5.41) is 21.9. The molecule has 1 saturated heterocycles. The van der Waals surface area contributed by atoms with Gasteiger partial charge in [-0.2, -0.15) is 0 Å². The molecule has 0 aromatic heterocycles. The average molecular weight is 584 g/mol. The lowest BCUT2D eigenvalue weighted by atomic mass is 9.99. The fourth-order valence-electron chi connectivity index (χ4n) is 4.93. The van der Waals surface area contributed by atoms with Crippen molar-refractivity contribution < 1.29 is 29.3 Å². The summed E-state index contributed by atoms with van der Waals surface area (Å²) in [4.78, 5) is 23.8. The van der Waals surface area contributed by atoms with Gasteiger partial charge in [0.15, 0.2) is 6.29 Å². The van der Waals surface area contributed by atoms with Gasteiger partial charge in [-0.1, -0.05) is 72.8 Å². The van der Waals surface area contributed by atoms with E-state index in [2.05, 4.69) is 17.4 Å². The van der Waals surface area contributed by atoms with Gasteiger partial charge in [0.25, 0.3) is 0 Å². The molecule has 4 aromatic carbocycles. The third kappa shape index (κ3) is 7.46. The predicted octanol–water partition coefficient (Wildman–Crippen LogP) is 6.52. The highest BCUT2D eigenvalue weighted by Gasteiger charge is 2.32. The van der Waals surface area contributed by atoms with Crippen LogP contribution in [0.3, 0.4) is 0 Å². The van der Waals surface area contributed by atoms with Crippen molar-refractivity contribution in [3.63, 3.8) is 0 Å². The molecule has 1 heterocycles. The van der Waals surface area contributed by atoms with Gasteiger partial charge in [-0.3, -0.25) is 4.79 Å². The van der Waals surface area contributed by atoms with Crippen molar-refractivity contribution in [3.8, 4) is 11.1 Å². The molecule has 1 amide bonds. The maximum atomic E-state index is 11.7. The Morgan fingerprint density at radius 3 is 2.33 bits per heavy atom. The summed E-state index contributed by atoms with van der Waals surface area (Å²) in [6.45, 7) is 1.93. The maximum Gasteiger partial charge on any atom is 0.336 e. The second-order valence-electron chi connectivity index (χ2n) is 10.2. The molecular weight excluding hydrogens is 550 g/mol. The summed E-state index contributed by atoms with van der Waals surface area (Å²) in [6.07, 6.45) is -0.490. The van der Waals surface area contributed by atoms with Crippen molar-refractivity contribution in [1.82, 2.24) is 5.32 Å². The Labute approximate surface area is 249 Å². The van der Waals surface area contributed by atoms with Crippen LogP contribution in [0.2, 0.25) is 0 Å². The van der Waals surface area contributed by atoms with Crippen molar-refractivity contribution in [3.05, 3.63) is 125 Å². The Morgan fingerprint density at radius 2 is 1.60 bits per heavy atom. The first kappa shape index (κ1) is 29.5. The van der Waals surface area contributed by atoms with Crippen LogP contribution in [0.25, 0.3) is 11.1 Å². The molecule has 3 N–H and O–H groups in total. The number of amides is 1. The number of carbonyl (C=O) groups is 2. The normalized spacial score (nSPS) is 18.4. The quantitative estimate of drug-likeness (QED) is 0.183. The number of carbonyl (C=O) groups excluding carboxylic acids is 1. The summed E-state index contributed by atoms with van der Waals surface area (Å²) in [5.41, 5.74) is 5.98. The highest BCUT2D eigenvalue weighted by molar-refractivity contribution is 7.99. The summed E-state index contributed by atoms with van der Waals surface area (Å²) >= 11 is 1.47. The molecule has 1 aliphatic rings. The van der Waals surface area contributed by atoms with Gasteiger partial charge in [0.05, 0.1) is 24.4 Å². The molecule has 4 aromatic rings. The topological polar surface area (TPSA) is 105 Å². The number of ether oxygens (including phenoxy) is 2. The Bertz CT molecular complexity index is 1540. The van der Waals surface area contributed by atoms with Crippen LogP contribution in [-0.4, -0.2) is 33.9 Å². The second kappa shape index (κ2) is 13.8. The number of benzene rings is 4. The number of nitrogens with one attached hydrogen (secondary N) is 1. The van der Waals surface area contributed by atoms with Gasteiger partial charge in [-0.25, -0.2) is 4.79 Å². The zero-order valence-electron chi connectivity index (χ0n) is 23.2. The molecule has 0 unspecified atom stereocenters. The summed E-state index contributed by atoms with van der Waals surface area (Å²) in [5.74, 6) is -0.474. The minimum absolute atomic E-state index is 0.0292. The first-order chi connectivity index (χ1) is 20.4. The average Bonchev–Trinajstić information content (AvgIpc) is 3.03. The molecule has 0 spiro atoms. The molecule has 1 fully saturated rings. The van der Waals surface area contributed by atoms with Crippen LogP contribution in [0.1, 0.15) is 58.4 Å². The first-order valence-electron chi connectivity index (χ1n) is 13.8. The van der Waals surface area contributed by atoms with Crippen molar-refractivity contribution in [1.29, 1.82) is 0 Å². The SMILES string of the molecule is CC(=O)NCc1cccc(-c2cccc([C@H]3O[C@@H](CSc4ccccc4C(=O)O)C[C@@H](c4ccc(CO)cc4)O3)c2)c1. The fraction of sp³-hybridized carbons (Fsp3) is 0.235. The molecule has 7 nitrogen and oxygen atoms in total. The van der Waals surface area contributed by atoms with Crippen LogP contribution in [-0.2, 0) is 27.4 Å². The van der Waals surface area contributed by atoms with E-state index in [0.717, 1.165) is 33.4 Å². The highest BCUT2D eigenvalue weighted by Crippen LogP contribution is 2.40. The molecular formula is C34H33NO6S. The largest absolute Gasteiger partial charge is 0.478 e. The van der Waals surface area contributed by atoms with E-state index in [1.165, 1.54) is 18.7 Å². The molecule has 5 rings (SSSR count). The van der Waals surface area contributed by atoms with E-state index in [1.807, 2.05) is 72.8 Å². The first-order valence-corrected chi connectivity index (χ1v) is 14.8. The molecule has 8 heteroatoms.